The highest BCUT2D eigenvalue weighted by molar-refractivity contribution is 7.07. The second-order valence-electron chi connectivity index (χ2n) is 11.1. The summed E-state index contributed by atoms with van der Waals surface area (Å²) in [5, 5.41) is 2.07. The first-order chi connectivity index (χ1) is 19.7. The number of thiazole rings is 1. The zero-order valence-electron chi connectivity index (χ0n) is 25.4. The van der Waals surface area contributed by atoms with Gasteiger partial charge in [-0.15, -0.1) is 0 Å². The smallest absolute Gasteiger partial charge is 0.224 e. The fourth-order valence-corrected chi connectivity index (χ4v) is 5.73. The molecule has 0 radical (unpaired) electrons. The zero-order valence-corrected chi connectivity index (χ0v) is 27.8. The topological polar surface area (TPSA) is 33.4 Å². The van der Waals surface area contributed by atoms with Gasteiger partial charge < -0.3 is 26.6 Å². The Morgan fingerprint density at radius 3 is 1.98 bits per heavy atom. The molecule has 3 rings (SSSR count). The number of rotatable bonds is 21. The van der Waals surface area contributed by atoms with Crippen LogP contribution in [0, 0.1) is 0 Å². The Kier molecular flexibility index (Phi) is 18.4. The molecule has 2 aromatic carbocycles. The quantitative estimate of drug-likeness (QED) is 0.0982. The van der Waals surface area contributed by atoms with Gasteiger partial charge in [-0.3, -0.25) is 4.79 Å². The van der Waals surface area contributed by atoms with Crippen LogP contribution in [0.3, 0.4) is 0 Å². The van der Waals surface area contributed by atoms with Crippen LogP contribution in [-0.2, 0) is 17.9 Å². The Morgan fingerprint density at radius 1 is 0.805 bits per heavy atom. The number of carbonyl (C=O) groups is 1. The number of hydrogen-bond donors (Lipinski definition) is 0. The molecule has 0 saturated carbocycles. The number of anilines is 1. The molecule has 0 aliphatic heterocycles. The van der Waals surface area contributed by atoms with Gasteiger partial charge in [-0.25, -0.2) is 0 Å². The van der Waals surface area contributed by atoms with Gasteiger partial charge in [0.25, 0.3) is 0 Å². The summed E-state index contributed by atoms with van der Waals surface area (Å²) in [6, 6.07) is 16.5. The molecule has 1 aromatic heterocycles. The van der Waals surface area contributed by atoms with Crippen LogP contribution in [0.2, 0.25) is 0 Å². The number of nitrogens with zero attached hydrogens (tertiary/aromatic N) is 2. The van der Waals surface area contributed by atoms with E-state index in [0.29, 0.717) is 6.54 Å². The fourth-order valence-electron chi connectivity index (χ4n) is 5.13. The van der Waals surface area contributed by atoms with Crippen LogP contribution in [0.1, 0.15) is 115 Å². The van der Waals surface area contributed by atoms with Gasteiger partial charge in [0, 0.05) is 18.2 Å². The van der Waals surface area contributed by atoms with Crippen LogP contribution >= 0.6 is 11.3 Å². The molecule has 0 saturated heterocycles. The van der Waals surface area contributed by atoms with Gasteiger partial charge in [0.05, 0.1) is 18.5 Å². The third kappa shape index (κ3) is 14.5. The van der Waals surface area contributed by atoms with E-state index in [1.165, 1.54) is 89.0 Å². The minimum Gasteiger partial charge on any atom is -1.00 e. The molecule has 0 fully saturated rings. The van der Waals surface area contributed by atoms with E-state index < -0.39 is 0 Å². The average molecular weight is 644 g/mol. The van der Waals surface area contributed by atoms with Crippen LogP contribution in [0.15, 0.2) is 65.6 Å². The maximum Gasteiger partial charge on any atom is 0.224 e. The number of ether oxygens (including phenoxy) is 1. The Hall–Kier alpha value is -2.18. The zero-order chi connectivity index (χ0) is 28.3. The summed E-state index contributed by atoms with van der Waals surface area (Å²) in [4.78, 5) is 14.3. The highest BCUT2D eigenvalue weighted by Gasteiger charge is 2.14. The van der Waals surface area contributed by atoms with Gasteiger partial charge in [0.15, 0.2) is 12.7 Å². The van der Waals surface area contributed by atoms with Crippen LogP contribution < -0.4 is 31.2 Å². The summed E-state index contributed by atoms with van der Waals surface area (Å²) in [7, 11) is 0. The first kappa shape index (κ1) is 35.0. The maximum atomic E-state index is 12.5. The van der Waals surface area contributed by atoms with E-state index in [2.05, 4.69) is 52.8 Å². The normalized spacial score (nSPS) is 10.8. The third-order valence-corrected chi connectivity index (χ3v) is 8.20. The second kappa shape index (κ2) is 21.5. The van der Waals surface area contributed by atoms with Gasteiger partial charge in [-0.05, 0) is 36.2 Å². The maximum absolute atomic E-state index is 12.5. The molecule has 3 aromatic rings. The number of benzene rings is 2. The van der Waals surface area contributed by atoms with Gasteiger partial charge >= 0.3 is 0 Å². The van der Waals surface area contributed by atoms with Crippen molar-refractivity contribution < 1.29 is 31.1 Å². The largest absolute Gasteiger partial charge is 1.00 e. The number of hydrogen-bond acceptors (Lipinski definition) is 3. The predicted octanol–water partition coefficient (Wildman–Crippen LogP) is 6.50. The molecular weight excluding hydrogens is 592 g/mol. The van der Waals surface area contributed by atoms with Crippen LogP contribution in [0.4, 0.5) is 5.69 Å². The summed E-state index contributed by atoms with van der Waals surface area (Å²) < 4.78 is 8.14. The average Bonchev–Trinajstić information content (AvgIpc) is 3.47. The molecule has 0 aliphatic carbocycles. The van der Waals surface area contributed by atoms with Crippen molar-refractivity contribution in [3.63, 3.8) is 0 Å². The number of unbranched alkanes of at least 4 members (excludes halogenated alkanes) is 13. The van der Waals surface area contributed by atoms with Crippen molar-refractivity contribution in [3.05, 3.63) is 76.7 Å². The van der Waals surface area contributed by atoms with E-state index in [1.807, 2.05) is 29.2 Å². The molecule has 0 spiro atoms. The molecule has 6 heteroatoms. The van der Waals surface area contributed by atoms with Crippen molar-refractivity contribution in [2.24, 2.45) is 0 Å². The Labute approximate surface area is 263 Å². The molecule has 0 bridgehead atoms. The van der Waals surface area contributed by atoms with Crippen LogP contribution in [-0.4, -0.2) is 12.5 Å². The lowest BCUT2D eigenvalue weighted by Crippen LogP contribution is -3.00. The van der Waals surface area contributed by atoms with Gasteiger partial charge in [0.1, 0.15) is 5.75 Å². The fraction of sp³-hybridized carbons (Fsp3) is 0.543. The molecule has 0 atom stereocenters. The summed E-state index contributed by atoms with van der Waals surface area (Å²) in [6.07, 6.45) is 21.2. The molecule has 0 unspecified atom stereocenters. The Balaban J connectivity index is 0.00000588. The third-order valence-electron chi connectivity index (χ3n) is 7.53. The van der Waals surface area contributed by atoms with Crippen molar-refractivity contribution >= 4 is 22.9 Å². The van der Waals surface area contributed by atoms with Crippen molar-refractivity contribution in [1.29, 1.82) is 0 Å². The van der Waals surface area contributed by atoms with Crippen molar-refractivity contribution in [2.75, 3.05) is 11.5 Å². The lowest BCUT2D eigenvalue weighted by Gasteiger charge is -2.22. The minimum absolute atomic E-state index is 0. The summed E-state index contributed by atoms with van der Waals surface area (Å²) >= 11 is 1.68. The first-order valence-electron chi connectivity index (χ1n) is 15.7. The van der Waals surface area contributed by atoms with Gasteiger partial charge in [0.2, 0.25) is 11.4 Å². The summed E-state index contributed by atoms with van der Waals surface area (Å²) in [5.41, 5.74) is 5.30. The van der Waals surface area contributed by atoms with Crippen LogP contribution in [0.5, 0.6) is 5.75 Å². The SMILES string of the molecule is CCCCCCCCCCCCCCCCOc1ccc(CN(C(C)=O)c2cccc(C[n+]3ccsc3)c2)cc1.[Br-]. The van der Waals surface area contributed by atoms with Crippen molar-refractivity contribution in [2.45, 2.75) is 117 Å². The van der Waals surface area contributed by atoms with E-state index in [0.717, 1.165) is 36.6 Å². The van der Waals surface area contributed by atoms with Crippen LogP contribution in [0.25, 0.3) is 0 Å². The van der Waals surface area contributed by atoms with Gasteiger partial charge in [-0.1, -0.05) is 126 Å². The lowest BCUT2D eigenvalue weighted by molar-refractivity contribution is -0.683. The molecule has 41 heavy (non-hydrogen) atoms. The lowest BCUT2D eigenvalue weighted by atomic mass is 10.0. The molecule has 1 amide bonds. The first-order valence-corrected chi connectivity index (χ1v) is 16.6. The van der Waals surface area contributed by atoms with E-state index in [-0.39, 0.29) is 22.9 Å². The Morgan fingerprint density at radius 2 is 1.41 bits per heavy atom. The highest BCUT2D eigenvalue weighted by atomic mass is 79.9. The van der Waals surface area contributed by atoms with Crippen molar-refractivity contribution in [1.82, 2.24) is 0 Å². The standard InChI is InChI=1S/C35H51N2O2S.BrH/c1-3-4-5-6-7-8-9-10-11-12-13-14-15-16-25-39-35-22-20-32(21-23-35)29-37(31(2)38)34-19-17-18-33(27-34)28-36-24-26-40-30-36;/h17-24,26-27,30H,3-16,25,28-29H2,1-2H3;1H/q+1;/p-1. The molecule has 0 N–H and O–H groups in total. The number of aromatic nitrogens is 1. The molecule has 226 valence electrons. The molecular formula is C35H51BrN2O2S. The number of carbonyl (C=O) groups excluding carboxylic acids is 1. The van der Waals surface area contributed by atoms with E-state index in [4.69, 9.17) is 4.74 Å². The highest BCUT2D eigenvalue weighted by Crippen LogP contribution is 2.21. The minimum atomic E-state index is 0. The monoisotopic (exact) mass is 642 g/mol. The van der Waals surface area contributed by atoms with E-state index in [1.54, 1.807) is 18.3 Å². The molecule has 0 aliphatic rings. The summed E-state index contributed by atoms with van der Waals surface area (Å²) in [5.74, 6) is 0.945. The molecule has 4 nitrogen and oxygen atoms in total. The molecule has 1 heterocycles. The predicted molar refractivity (Wildman–Crippen MR) is 169 cm³/mol. The second-order valence-corrected chi connectivity index (χ2v) is 11.8. The Bertz CT molecular complexity index is 1070. The van der Waals surface area contributed by atoms with E-state index >= 15 is 0 Å². The summed E-state index contributed by atoms with van der Waals surface area (Å²) in [6.45, 7) is 6.03. The van der Waals surface area contributed by atoms with E-state index in [9.17, 15) is 4.79 Å². The van der Waals surface area contributed by atoms with Crippen molar-refractivity contribution in [3.8, 4) is 5.75 Å². The van der Waals surface area contributed by atoms with Gasteiger partial charge in [-0.2, -0.15) is 4.57 Å². The number of halogens is 1. The number of amides is 1.